The van der Waals surface area contributed by atoms with E-state index < -0.39 is 5.97 Å². The molecule has 0 aliphatic rings. The highest BCUT2D eigenvalue weighted by Gasteiger charge is 2.11. The van der Waals surface area contributed by atoms with Gasteiger partial charge in [-0.1, -0.05) is 35.5 Å². The van der Waals surface area contributed by atoms with Crippen molar-refractivity contribution in [1.82, 2.24) is 10.5 Å². The fourth-order valence-electron chi connectivity index (χ4n) is 1.81. The van der Waals surface area contributed by atoms with E-state index in [1.54, 1.807) is 0 Å². The summed E-state index contributed by atoms with van der Waals surface area (Å²) in [7, 11) is 0. The van der Waals surface area contributed by atoms with Crippen LogP contribution in [-0.2, 0) is 13.0 Å². The highest BCUT2D eigenvalue weighted by molar-refractivity contribution is 5.85. The molecule has 2 rings (SSSR count). The highest BCUT2D eigenvalue weighted by Crippen LogP contribution is 2.06. The molecule has 1 unspecified atom stereocenters. The van der Waals surface area contributed by atoms with Gasteiger partial charge in [0, 0.05) is 12.1 Å². The molecule has 0 saturated carbocycles. The third-order valence-electron chi connectivity index (χ3n) is 2.79. The van der Waals surface area contributed by atoms with E-state index in [-0.39, 0.29) is 11.7 Å². The molecule has 1 heterocycles. The predicted molar refractivity (Wildman–Crippen MR) is 69.9 cm³/mol. The van der Waals surface area contributed by atoms with Crippen LogP contribution in [0.1, 0.15) is 28.7 Å². The molecule has 100 valence electrons. The molecule has 0 bridgehead atoms. The molecule has 0 radical (unpaired) electrons. The van der Waals surface area contributed by atoms with Crippen LogP contribution in [0.25, 0.3) is 0 Å². The maximum Gasteiger partial charge on any atom is 0.358 e. The Morgan fingerprint density at radius 2 is 2.16 bits per heavy atom. The van der Waals surface area contributed by atoms with Gasteiger partial charge >= 0.3 is 5.97 Å². The SMILES string of the molecule is CC(Cc1ccccc1)NCc1cc(C(=O)O)no1. The molecule has 2 N–H and O–H groups in total. The summed E-state index contributed by atoms with van der Waals surface area (Å²) >= 11 is 0. The van der Waals surface area contributed by atoms with Gasteiger partial charge in [-0.05, 0) is 18.9 Å². The molecule has 19 heavy (non-hydrogen) atoms. The minimum atomic E-state index is -1.08. The Morgan fingerprint density at radius 3 is 2.79 bits per heavy atom. The molecule has 5 nitrogen and oxygen atoms in total. The minimum absolute atomic E-state index is 0.0625. The van der Waals surface area contributed by atoms with Crippen LogP contribution >= 0.6 is 0 Å². The first-order valence-corrected chi connectivity index (χ1v) is 6.11. The Hall–Kier alpha value is -2.14. The summed E-state index contributed by atoms with van der Waals surface area (Å²) < 4.78 is 4.93. The fourth-order valence-corrected chi connectivity index (χ4v) is 1.81. The zero-order valence-corrected chi connectivity index (χ0v) is 10.7. The number of carboxylic acids is 1. The predicted octanol–water partition coefficient (Wildman–Crippen LogP) is 2.09. The summed E-state index contributed by atoms with van der Waals surface area (Å²) in [6, 6.07) is 11.9. The van der Waals surface area contributed by atoms with Gasteiger partial charge in [0.2, 0.25) is 0 Å². The van der Waals surface area contributed by atoms with Crippen LogP contribution in [0, 0.1) is 0 Å². The smallest absolute Gasteiger partial charge is 0.358 e. The third kappa shape index (κ3) is 3.93. The maximum atomic E-state index is 10.7. The number of carboxylic acid groups (broad SMARTS) is 1. The normalized spacial score (nSPS) is 12.3. The molecule has 0 aliphatic carbocycles. The first kappa shape index (κ1) is 13.3. The molecule has 1 atom stereocenters. The zero-order chi connectivity index (χ0) is 13.7. The summed E-state index contributed by atoms with van der Waals surface area (Å²) in [4.78, 5) is 10.7. The third-order valence-corrected chi connectivity index (χ3v) is 2.79. The van der Waals surface area contributed by atoms with Gasteiger partial charge in [-0.2, -0.15) is 0 Å². The molecule has 0 amide bonds. The van der Waals surface area contributed by atoms with Crippen molar-refractivity contribution in [3.05, 3.63) is 53.4 Å². The van der Waals surface area contributed by atoms with Gasteiger partial charge in [-0.15, -0.1) is 0 Å². The monoisotopic (exact) mass is 260 g/mol. The average Bonchev–Trinajstić information content (AvgIpc) is 2.86. The van der Waals surface area contributed by atoms with Crippen LogP contribution in [0.2, 0.25) is 0 Å². The first-order valence-electron chi connectivity index (χ1n) is 6.11. The van der Waals surface area contributed by atoms with Gasteiger partial charge in [-0.3, -0.25) is 0 Å². The summed E-state index contributed by atoms with van der Waals surface area (Å²) in [6.45, 7) is 2.54. The van der Waals surface area contributed by atoms with Crippen molar-refractivity contribution in [2.45, 2.75) is 25.9 Å². The number of hydrogen-bond donors (Lipinski definition) is 2. The van der Waals surface area contributed by atoms with Crippen molar-refractivity contribution >= 4 is 5.97 Å². The van der Waals surface area contributed by atoms with E-state index in [0.717, 1.165) is 6.42 Å². The molecule has 5 heteroatoms. The maximum absolute atomic E-state index is 10.7. The molecule has 0 aliphatic heterocycles. The van der Waals surface area contributed by atoms with E-state index in [9.17, 15) is 4.79 Å². The second-order valence-electron chi connectivity index (χ2n) is 4.46. The Balaban J connectivity index is 1.83. The van der Waals surface area contributed by atoms with Crippen LogP contribution in [0.15, 0.2) is 40.9 Å². The Labute approximate surface area is 111 Å². The molecule has 0 fully saturated rings. The van der Waals surface area contributed by atoms with Crippen LogP contribution in [-0.4, -0.2) is 22.3 Å². The molecule has 0 spiro atoms. The van der Waals surface area contributed by atoms with Crippen molar-refractivity contribution in [3.63, 3.8) is 0 Å². The van der Waals surface area contributed by atoms with Crippen LogP contribution < -0.4 is 5.32 Å². The summed E-state index contributed by atoms with van der Waals surface area (Å²) in [6.07, 6.45) is 0.904. The van der Waals surface area contributed by atoms with Gasteiger partial charge in [0.05, 0.1) is 6.54 Å². The zero-order valence-electron chi connectivity index (χ0n) is 10.7. The average molecular weight is 260 g/mol. The number of aromatic nitrogens is 1. The van der Waals surface area contributed by atoms with Gasteiger partial charge in [0.1, 0.15) is 0 Å². The second kappa shape index (κ2) is 6.15. The second-order valence-corrected chi connectivity index (χ2v) is 4.46. The number of hydrogen-bond acceptors (Lipinski definition) is 4. The van der Waals surface area contributed by atoms with Gasteiger partial charge in [0.15, 0.2) is 11.5 Å². The molecular weight excluding hydrogens is 244 g/mol. The standard InChI is InChI=1S/C14H16N2O3/c1-10(7-11-5-3-2-4-6-11)15-9-12-8-13(14(17)18)16-19-12/h2-6,8,10,15H,7,9H2,1H3,(H,17,18). The van der Waals surface area contributed by atoms with Crippen molar-refractivity contribution in [3.8, 4) is 0 Å². The summed E-state index contributed by atoms with van der Waals surface area (Å²) in [5, 5.41) is 15.5. The van der Waals surface area contributed by atoms with Crippen molar-refractivity contribution in [2.75, 3.05) is 0 Å². The highest BCUT2D eigenvalue weighted by atomic mass is 16.5. The Bertz CT molecular complexity index is 537. The lowest BCUT2D eigenvalue weighted by Crippen LogP contribution is -2.27. The lowest BCUT2D eigenvalue weighted by Gasteiger charge is -2.12. The summed E-state index contributed by atoms with van der Waals surface area (Å²) in [5.74, 6) is -0.551. The van der Waals surface area contributed by atoms with Gasteiger partial charge < -0.3 is 14.9 Å². The quantitative estimate of drug-likeness (QED) is 0.831. The molecule has 1 aromatic carbocycles. The van der Waals surface area contributed by atoms with E-state index in [1.165, 1.54) is 11.6 Å². The van der Waals surface area contributed by atoms with Crippen LogP contribution in [0.5, 0.6) is 0 Å². The van der Waals surface area contributed by atoms with E-state index in [1.807, 2.05) is 18.2 Å². The topological polar surface area (TPSA) is 75.4 Å². The number of carbonyl (C=O) groups is 1. The number of rotatable bonds is 6. The number of nitrogens with one attached hydrogen (secondary N) is 1. The lowest BCUT2D eigenvalue weighted by atomic mass is 10.1. The van der Waals surface area contributed by atoms with Crippen LogP contribution in [0.4, 0.5) is 0 Å². The minimum Gasteiger partial charge on any atom is -0.476 e. The number of benzene rings is 1. The fraction of sp³-hybridized carbons (Fsp3) is 0.286. The van der Waals surface area contributed by atoms with Crippen molar-refractivity contribution in [2.24, 2.45) is 0 Å². The first-order chi connectivity index (χ1) is 9.15. The molecule has 0 saturated heterocycles. The van der Waals surface area contributed by atoms with E-state index in [0.29, 0.717) is 12.3 Å². The molecule has 2 aromatic rings. The summed E-state index contributed by atoms with van der Waals surface area (Å²) in [5.41, 5.74) is 1.19. The van der Waals surface area contributed by atoms with E-state index in [2.05, 4.69) is 29.5 Å². The number of aromatic carboxylic acids is 1. The van der Waals surface area contributed by atoms with E-state index >= 15 is 0 Å². The Morgan fingerprint density at radius 1 is 1.42 bits per heavy atom. The van der Waals surface area contributed by atoms with Gasteiger partial charge in [-0.25, -0.2) is 4.79 Å². The Kier molecular flexibility index (Phi) is 4.30. The molecule has 1 aromatic heterocycles. The lowest BCUT2D eigenvalue weighted by molar-refractivity contribution is 0.0685. The van der Waals surface area contributed by atoms with Crippen molar-refractivity contribution in [1.29, 1.82) is 0 Å². The van der Waals surface area contributed by atoms with Gasteiger partial charge in [0.25, 0.3) is 0 Å². The van der Waals surface area contributed by atoms with Crippen molar-refractivity contribution < 1.29 is 14.4 Å². The number of nitrogens with zero attached hydrogens (tertiary/aromatic N) is 1. The molecular formula is C14H16N2O3. The van der Waals surface area contributed by atoms with Crippen LogP contribution in [0.3, 0.4) is 0 Å². The van der Waals surface area contributed by atoms with E-state index in [4.69, 9.17) is 9.63 Å². The largest absolute Gasteiger partial charge is 0.476 e.